The molecule has 0 unspecified atom stereocenters. The van der Waals surface area contributed by atoms with Crippen molar-refractivity contribution in [2.24, 2.45) is 5.92 Å². The monoisotopic (exact) mass is 441 g/mol. The van der Waals surface area contributed by atoms with E-state index in [0.29, 0.717) is 48.2 Å². The van der Waals surface area contributed by atoms with E-state index in [0.717, 1.165) is 30.4 Å². The molecule has 2 aromatic heterocycles. The van der Waals surface area contributed by atoms with Gasteiger partial charge < -0.3 is 9.32 Å². The third kappa shape index (κ3) is 5.55. The van der Waals surface area contributed by atoms with E-state index in [4.69, 9.17) is 16.0 Å². The molecule has 1 aliphatic heterocycles. The fourth-order valence-corrected chi connectivity index (χ4v) is 3.88. The Hall–Kier alpha value is -3.07. The van der Waals surface area contributed by atoms with E-state index < -0.39 is 0 Å². The highest BCUT2D eigenvalue weighted by atomic mass is 35.5. The SMILES string of the molecule is Cc1nnn(Cc2ccc(Cl)cc2C=CC(=O)N2CCC(Cc3nnc(C)o3)CC2)n1. The average molecular weight is 442 g/mol. The number of aromatic nitrogens is 6. The molecule has 3 aromatic rings. The molecule has 0 N–H and O–H groups in total. The fraction of sp³-hybridized carbons (Fsp3) is 0.429. The molecule has 0 atom stereocenters. The molecule has 4 rings (SSSR count). The van der Waals surface area contributed by atoms with Gasteiger partial charge in [-0.2, -0.15) is 4.80 Å². The second kappa shape index (κ2) is 9.38. The summed E-state index contributed by atoms with van der Waals surface area (Å²) in [7, 11) is 0. The normalized spacial score (nSPS) is 15.1. The molecule has 0 saturated carbocycles. The number of hydrogen-bond donors (Lipinski definition) is 0. The summed E-state index contributed by atoms with van der Waals surface area (Å²) in [6, 6.07) is 5.56. The van der Waals surface area contributed by atoms with E-state index in [2.05, 4.69) is 25.6 Å². The van der Waals surface area contributed by atoms with Crippen molar-refractivity contribution < 1.29 is 9.21 Å². The smallest absolute Gasteiger partial charge is 0.246 e. The lowest BCUT2D eigenvalue weighted by Gasteiger charge is -2.30. The molecule has 162 valence electrons. The first-order valence-corrected chi connectivity index (χ1v) is 10.6. The predicted octanol–water partition coefficient (Wildman–Crippen LogP) is 2.87. The van der Waals surface area contributed by atoms with Crippen molar-refractivity contribution in [3.8, 4) is 0 Å². The topological polar surface area (TPSA) is 103 Å². The van der Waals surface area contributed by atoms with Crippen LogP contribution in [0, 0.1) is 19.8 Å². The number of nitrogens with zero attached hydrogens (tertiary/aromatic N) is 7. The van der Waals surface area contributed by atoms with Crippen LogP contribution in [0.4, 0.5) is 0 Å². The number of amides is 1. The van der Waals surface area contributed by atoms with E-state index in [1.54, 1.807) is 26.0 Å². The first kappa shape index (κ1) is 21.2. The van der Waals surface area contributed by atoms with Crippen LogP contribution in [0.15, 0.2) is 28.7 Å². The number of hydrogen-bond acceptors (Lipinski definition) is 7. The zero-order chi connectivity index (χ0) is 21.8. The summed E-state index contributed by atoms with van der Waals surface area (Å²) in [4.78, 5) is 16.1. The van der Waals surface area contributed by atoms with Crippen LogP contribution in [0.3, 0.4) is 0 Å². The molecule has 10 heteroatoms. The summed E-state index contributed by atoms with van der Waals surface area (Å²) in [6.45, 7) is 5.46. The highest BCUT2D eigenvalue weighted by molar-refractivity contribution is 6.30. The van der Waals surface area contributed by atoms with Crippen molar-refractivity contribution in [2.75, 3.05) is 13.1 Å². The molecule has 0 radical (unpaired) electrons. The van der Waals surface area contributed by atoms with Crippen molar-refractivity contribution in [2.45, 2.75) is 39.7 Å². The number of likely N-dealkylation sites (tertiary alicyclic amines) is 1. The molecule has 1 amide bonds. The second-order valence-corrected chi connectivity index (χ2v) is 8.17. The van der Waals surface area contributed by atoms with Crippen LogP contribution in [0.25, 0.3) is 6.08 Å². The van der Waals surface area contributed by atoms with E-state index in [1.165, 1.54) is 4.80 Å². The van der Waals surface area contributed by atoms with Crippen molar-refractivity contribution in [1.29, 1.82) is 0 Å². The molecule has 0 bridgehead atoms. The number of aryl methyl sites for hydroxylation is 2. The number of rotatable bonds is 6. The minimum Gasteiger partial charge on any atom is -0.426 e. The van der Waals surface area contributed by atoms with Crippen LogP contribution < -0.4 is 0 Å². The first-order chi connectivity index (χ1) is 15.0. The van der Waals surface area contributed by atoms with Gasteiger partial charge >= 0.3 is 0 Å². The lowest BCUT2D eigenvalue weighted by Crippen LogP contribution is -2.38. The van der Waals surface area contributed by atoms with E-state index in [9.17, 15) is 4.79 Å². The van der Waals surface area contributed by atoms with Crippen molar-refractivity contribution in [3.63, 3.8) is 0 Å². The summed E-state index contributed by atoms with van der Waals surface area (Å²) < 4.78 is 5.47. The largest absolute Gasteiger partial charge is 0.426 e. The van der Waals surface area contributed by atoms with Crippen LogP contribution in [-0.4, -0.2) is 54.3 Å². The quantitative estimate of drug-likeness (QED) is 0.542. The van der Waals surface area contributed by atoms with E-state index >= 15 is 0 Å². The molecule has 3 heterocycles. The molecule has 0 spiro atoms. The lowest BCUT2D eigenvalue weighted by molar-refractivity contribution is -0.127. The van der Waals surface area contributed by atoms with Gasteiger partial charge in [0, 0.05) is 37.5 Å². The Morgan fingerprint density at radius 1 is 1.23 bits per heavy atom. The predicted molar refractivity (Wildman–Crippen MR) is 114 cm³/mol. The summed E-state index contributed by atoms with van der Waals surface area (Å²) in [6.07, 6.45) is 6.01. The molecular weight excluding hydrogens is 418 g/mol. The van der Waals surface area contributed by atoms with Gasteiger partial charge in [0.2, 0.25) is 17.7 Å². The van der Waals surface area contributed by atoms with Gasteiger partial charge in [0.05, 0.1) is 6.54 Å². The van der Waals surface area contributed by atoms with Crippen molar-refractivity contribution >= 4 is 23.6 Å². The second-order valence-electron chi connectivity index (χ2n) is 7.73. The van der Waals surface area contributed by atoms with Crippen LogP contribution in [0.2, 0.25) is 5.02 Å². The highest BCUT2D eigenvalue weighted by Crippen LogP contribution is 2.22. The Kier molecular flexibility index (Phi) is 6.41. The maximum atomic E-state index is 12.7. The van der Waals surface area contributed by atoms with Crippen LogP contribution in [-0.2, 0) is 17.8 Å². The summed E-state index contributed by atoms with van der Waals surface area (Å²) in [5, 5.41) is 20.7. The molecule has 31 heavy (non-hydrogen) atoms. The highest BCUT2D eigenvalue weighted by Gasteiger charge is 2.23. The van der Waals surface area contributed by atoms with E-state index in [-0.39, 0.29) is 5.91 Å². The zero-order valence-electron chi connectivity index (χ0n) is 17.5. The van der Waals surface area contributed by atoms with Crippen LogP contribution in [0.5, 0.6) is 0 Å². The third-order valence-corrected chi connectivity index (χ3v) is 5.57. The minimum atomic E-state index is -0.00673. The van der Waals surface area contributed by atoms with Crippen molar-refractivity contribution in [1.82, 2.24) is 35.3 Å². The molecule has 1 fully saturated rings. The number of carbonyl (C=O) groups is 1. The number of halogens is 1. The van der Waals surface area contributed by atoms with Gasteiger partial charge in [-0.05, 0) is 60.2 Å². The fourth-order valence-electron chi connectivity index (χ4n) is 3.70. The van der Waals surface area contributed by atoms with Gasteiger partial charge in [-0.3, -0.25) is 4.79 Å². The average Bonchev–Trinajstić information content (AvgIpc) is 3.36. The maximum Gasteiger partial charge on any atom is 0.246 e. The van der Waals surface area contributed by atoms with Gasteiger partial charge in [-0.1, -0.05) is 17.7 Å². The lowest BCUT2D eigenvalue weighted by atomic mass is 9.93. The van der Waals surface area contributed by atoms with Gasteiger partial charge in [0.15, 0.2) is 5.82 Å². The van der Waals surface area contributed by atoms with Gasteiger partial charge in [-0.25, -0.2) is 0 Å². The Morgan fingerprint density at radius 2 is 2.03 bits per heavy atom. The Bertz CT molecular complexity index is 1080. The summed E-state index contributed by atoms with van der Waals surface area (Å²) >= 11 is 6.18. The Morgan fingerprint density at radius 3 is 2.71 bits per heavy atom. The van der Waals surface area contributed by atoms with Gasteiger partial charge in [0.25, 0.3) is 0 Å². The van der Waals surface area contributed by atoms with Gasteiger partial charge in [-0.15, -0.1) is 20.4 Å². The molecule has 0 aliphatic carbocycles. The molecule has 1 aliphatic rings. The molecular formula is C21H24ClN7O2. The summed E-state index contributed by atoms with van der Waals surface area (Å²) in [5.74, 6) is 2.31. The maximum absolute atomic E-state index is 12.7. The number of carbonyl (C=O) groups excluding carboxylic acids is 1. The zero-order valence-corrected chi connectivity index (χ0v) is 18.3. The van der Waals surface area contributed by atoms with Crippen LogP contribution in [0.1, 0.15) is 41.6 Å². The standard InChI is InChI=1S/C21H24ClN7O2/c1-14-23-27-29(26-14)13-18-3-5-19(22)12-17(18)4-6-21(30)28-9-7-16(8-10-28)11-20-25-24-15(2)31-20/h3-6,12,16H,7-11,13H2,1-2H3. The Labute approximate surface area is 185 Å². The van der Waals surface area contributed by atoms with E-state index in [1.807, 2.05) is 23.1 Å². The number of piperidine rings is 1. The number of tetrazole rings is 1. The molecule has 1 saturated heterocycles. The molecule has 9 nitrogen and oxygen atoms in total. The Balaban J connectivity index is 1.36. The number of benzene rings is 1. The van der Waals surface area contributed by atoms with Crippen molar-refractivity contribution in [3.05, 3.63) is 58.0 Å². The third-order valence-electron chi connectivity index (χ3n) is 5.34. The molecule has 1 aromatic carbocycles. The van der Waals surface area contributed by atoms with Gasteiger partial charge in [0.1, 0.15) is 0 Å². The first-order valence-electron chi connectivity index (χ1n) is 10.2. The minimum absolute atomic E-state index is 0.00673. The van der Waals surface area contributed by atoms with Crippen LogP contribution >= 0.6 is 11.6 Å². The summed E-state index contributed by atoms with van der Waals surface area (Å²) in [5.41, 5.74) is 1.82.